The molecule has 1 N–H and O–H groups in total. The molecule has 2 aromatic rings. The van der Waals surface area contributed by atoms with Gasteiger partial charge in [-0.3, -0.25) is 9.10 Å². The quantitative estimate of drug-likeness (QED) is 0.860. The summed E-state index contributed by atoms with van der Waals surface area (Å²) in [6.45, 7) is 1.80. The van der Waals surface area contributed by atoms with Crippen LogP contribution in [-0.4, -0.2) is 27.6 Å². The molecule has 0 aromatic heterocycles. The minimum atomic E-state index is -3.39. The smallest absolute Gasteiger partial charge is 0.255 e. The van der Waals surface area contributed by atoms with Crippen LogP contribution < -0.4 is 9.62 Å². The van der Waals surface area contributed by atoms with Crippen LogP contribution in [0.4, 0.5) is 11.4 Å². The fraction of sp³-hybridized carbons (Fsp3) is 0.188. The number of benzene rings is 2. The monoisotopic (exact) mass is 396 g/mol. The van der Waals surface area contributed by atoms with Crippen LogP contribution in [0.1, 0.15) is 15.9 Å². The van der Waals surface area contributed by atoms with Gasteiger partial charge in [0.25, 0.3) is 5.91 Å². The Morgan fingerprint density at radius 2 is 1.74 bits per heavy atom. The molecule has 0 unspecified atom stereocenters. The molecule has 0 spiro atoms. The number of aryl methyl sites for hydroxylation is 1. The lowest BCUT2D eigenvalue weighted by atomic mass is 10.1. The van der Waals surface area contributed by atoms with Gasteiger partial charge in [0.15, 0.2) is 0 Å². The zero-order valence-corrected chi connectivity index (χ0v) is 15.4. The number of anilines is 2. The molecule has 2 rings (SSSR count). The summed E-state index contributed by atoms with van der Waals surface area (Å²) in [5.41, 5.74) is 2.31. The van der Waals surface area contributed by atoms with Gasteiger partial charge < -0.3 is 5.32 Å². The number of sulfonamides is 1. The summed E-state index contributed by atoms with van der Waals surface area (Å²) >= 11 is 3.33. The molecule has 0 saturated carbocycles. The normalized spacial score (nSPS) is 11.1. The summed E-state index contributed by atoms with van der Waals surface area (Å²) in [7, 11) is -1.92. The predicted molar refractivity (Wildman–Crippen MR) is 96.5 cm³/mol. The maximum Gasteiger partial charge on any atom is 0.255 e. The van der Waals surface area contributed by atoms with Gasteiger partial charge >= 0.3 is 0 Å². The molecular formula is C16H17BrN2O3S. The molecule has 0 fully saturated rings. The highest BCUT2D eigenvalue weighted by Crippen LogP contribution is 2.23. The Bertz CT molecular complexity index is 833. The van der Waals surface area contributed by atoms with Crippen LogP contribution in [0.2, 0.25) is 0 Å². The van der Waals surface area contributed by atoms with Crippen LogP contribution >= 0.6 is 15.9 Å². The molecule has 23 heavy (non-hydrogen) atoms. The second-order valence-electron chi connectivity index (χ2n) is 5.19. The van der Waals surface area contributed by atoms with Crippen LogP contribution in [-0.2, 0) is 10.0 Å². The summed E-state index contributed by atoms with van der Waals surface area (Å²) in [5, 5.41) is 2.78. The summed E-state index contributed by atoms with van der Waals surface area (Å²) < 4.78 is 25.5. The van der Waals surface area contributed by atoms with Crippen molar-refractivity contribution in [1.29, 1.82) is 0 Å². The Morgan fingerprint density at radius 1 is 1.13 bits per heavy atom. The van der Waals surface area contributed by atoms with E-state index >= 15 is 0 Å². The van der Waals surface area contributed by atoms with E-state index < -0.39 is 10.0 Å². The molecule has 0 aliphatic rings. The van der Waals surface area contributed by atoms with Crippen LogP contribution in [0.3, 0.4) is 0 Å². The zero-order chi connectivity index (χ0) is 17.2. The summed E-state index contributed by atoms with van der Waals surface area (Å²) in [6.07, 6.45) is 1.13. The van der Waals surface area contributed by atoms with Gasteiger partial charge in [0.05, 0.1) is 11.9 Å². The van der Waals surface area contributed by atoms with Crippen molar-refractivity contribution < 1.29 is 13.2 Å². The van der Waals surface area contributed by atoms with Gasteiger partial charge in [-0.2, -0.15) is 0 Å². The number of halogens is 1. The lowest BCUT2D eigenvalue weighted by Gasteiger charge is -2.19. The van der Waals surface area contributed by atoms with Crippen molar-refractivity contribution in [2.75, 3.05) is 22.9 Å². The molecule has 7 heteroatoms. The summed E-state index contributed by atoms with van der Waals surface area (Å²) in [5.74, 6) is -0.296. The number of hydrogen-bond acceptors (Lipinski definition) is 3. The van der Waals surface area contributed by atoms with Crippen LogP contribution in [0.5, 0.6) is 0 Å². The van der Waals surface area contributed by atoms with Crippen molar-refractivity contribution in [3.8, 4) is 0 Å². The van der Waals surface area contributed by atoms with Gasteiger partial charge in [0.1, 0.15) is 0 Å². The first-order valence-corrected chi connectivity index (χ1v) is 9.44. The van der Waals surface area contributed by atoms with E-state index in [4.69, 9.17) is 0 Å². The molecule has 0 bridgehead atoms. The second-order valence-corrected chi connectivity index (χ2v) is 8.12. The predicted octanol–water partition coefficient (Wildman–Crippen LogP) is 3.41. The van der Waals surface area contributed by atoms with Crippen LogP contribution in [0.25, 0.3) is 0 Å². The number of rotatable bonds is 4. The number of nitrogens with one attached hydrogen (secondary N) is 1. The largest absolute Gasteiger partial charge is 0.322 e. The third-order valence-electron chi connectivity index (χ3n) is 3.41. The minimum Gasteiger partial charge on any atom is -0.322 e. The van der Waals surface area contributed by atoms with E-state index in [2.05, 4.69) is 21.2 Å². The van der Waals surface area contributed by atoms with E-state index in [1.165, 1.54) is 11.4 Å². The lowest BCUT2D eigenvalue weighted by molar-refractivity contribution is 0.102. The molecular weight excluding hydrogens is 380 g/mol. The van der Waals surface area contributed by atoms with E-state index in [1.54, 1.807) is 37.3 Å². The van der Waals surface area contributed by atoms with Gasteiger partial charge in [-0.1, -0.05) is 22.0 Å². The topological polar surface area (TPSA) is 66.5 Å². The summed E-state index contributed by atoms with van der Waals surface area (Å²) in [6, 6.07) is 12.2. The van der Waals surface area contributed by atoms with Crippen molar-refractivity contribution in [2.24, 2.45) is 0 Å². The van der Waals surface area contributed by atoms with Crippen molar-refractivity contribution >= 4 is 43.2 Å². The maximum atomic E-state index is 12.3. The molecule has 0 radical (unpaired) electrons. The molecule has 0 atom stereocenters. The minimum absolute atomic E-state index is 0.296. The van der Waals surface area contributed by atoms with E-state index in [1.807, 2.05) is 12.1 Å². The molecule has 2 aromatic carbocycles. The van der Waals surface area contributed by atoms with Crippen molar-refractivity contribution in [3.63, 3.8) is 0 Å². The second kappa shape index (κ2) is 6.72. The number of carbonyl (C=O) groups excluding carboxylic acids is 1. The first kappa shape index (κ1) is 17.5. The molecule has 1 amide bonds. The first-order chi connectivity index (χ1) is 10.7. The average molecular weight is 397 g/mol. The van der Waals surface area contributed by atoms with Gasteiger partial charge in [-0.25, -0.2) is 8.42 Å². The van der Waals surface area contributed by atoms with Gasteiger partial charge in [0.2, 0.25) is 10.0 Å². The van der Waals surface area contributed by atoms with E-state index in [0.29, 0.717) is 16.9 Å². The zero-order valence-electron chi connectivity index (χ0n) is 13.0. The molecule has 0 aliphatic carbocycles. The van der Waals surface area contributed by atoms with Gasteiger partial charge in [0, 0.05) is 22.8 Å². The maximum absolute atomic E-state index is 12.3. The van der Waals surface area contributed by atoms with E-state index in [-0.39, 0.29) is 5.91 Å². The fourth-order valence-electron chi connectivity index (χ4n) is 2.01. The Hall–Kier alpha value is -1.86. The third-order valence-corrected chi connectivity index (χ3v) is 5.13. The van der Waals surface area contributed by atoms with Gasteiger partial charge in [-0.15, -0.1) is 0 Å². The Labute approximate surface area is 144 Å². The SMILES string of the molecule is Cc1ccc(C(=O)Nc2ccc(Br)cc2)cc1N(C)S(C)(=O)=O. The van der Waals surface area contributed by atoms with Crippen molar-refractivity contribution in [1.82, 2.24) is 0 Å². The Balaban J connectivity index is 2.29. The molecule has 122 valence electrons. The lowest BCUT2D eigenvalue weighted by Crippen LogP contribution is -2.26. The highest BCUT2D eigenvalue weighted by Gasteiger charge is 2.16. The fourth-order valence-corrected chi connectivity index (χ4v) is 2.82. The number of amides is 1. The first-order valence-electron chi connectivity index (χ1n) is 6.80. The van der Waals surface area contributed by atoms with Crippen molar-refractivity contribution in [2.45, 2.75) is 6.92 Å². The molecule has 0 heterocycles. The Kier molecular flexibility index (Phi) is 5.11. The number of nitrogens with zero attached hydrogens (tertiary/aromatic N) is 1. The van der Waals surface area contributed by atoms with E-state index in [9.17, 15) is 13.2 Å². The Morgan fingerprint density at radius 3 is 2.30 bits per heavy atom. The number of carbonyl (C=O) groups is 1. The molecule has 0 saturated heterocycles. The number of hydrogen-bond donors (Lipinski definition) is 1. The van der Waals surface area contributed by atoms with Crippen LogP contribution in [0, 0.1) is 6.92 Å². The van der Waals surface area contributed by atoms with Gasteiger partial charge in [-0.05, 0) is 48.9 Å². The standard InChI is InChI=1S/C16H17BrN2O3S/c1-11-4-5-12(10-15(11)19(2)23(3,21)22)16(20)18-14-8-6-13(17)7-9-14/h4-10H,1-3H3,(H,18,20). The highest BCUT2D eigenvalue weighted by molar-refractivity contribution is 9.10. The van der Waals surface area contributed by atoms with Crippen molar-refractivity contribution in [3.05, 3.63) is 58.1 Å². The molecule has 0 aliphatic heterocycles. The molecule has 5 nitrogen and oxygen atoms in total. The third kappa shape index (κ3) is 4.33. The van der Waals surface area contributed by atoms with Crippen LogP contribution in [0.15, 0.2) is 46.9 Å². The summed E-state index contributed by atoms with van der Waals surface area (Å²) in [4.78, 5) is 12.3. The highest BCUT2D eigenvalue weighted by atomic mass is 79.9. The van der Waals surface area contributed by atoms with E-state index in [0.717, 1.165) is 16.3 Å². The average Bonchev–Trinajstić information content (AvgIpc) is 2.48.